The van der Waals surface area contributed by atoms with Crippen molar-refractivity contribution in [1.29, 1.82) is 0 Å². The highest BCUT2D eigenvalue weighted by atomic mass is 32.2. The van der Waals surface area contributed by atoms with E-state index >= 15 is 0 Å². The summed E-state index contributed by atoms with van der Waals surface area (Å²) in [6.07, 6.45) is 0. The maximum absolute atomic E-state index is 12.0. The molecule has 0 radical (unpaired) electrons. The van der Waals surface area contributed by atoms with Crippen LogP contribution < -0.4 is 4.72 Å². The van der Waals surface area contributed by atoms with E-state index < -0.39 is 21.5 Å². The van der Waals surface area contributed by atoms with Crippen molar-refractivity contribution in [3.05, 3.63) is 29.8 Å². The number of rotatable bonds is 3. The average Bonchev–Trinajstić information content (AvgIpc) is 2.16. The Kier molecular flexibility index (Phi) is 3.32. The summed E-state index contributed by atoms with van der Waals surface area (Å²) in [5.41, 5.74) is -5.95. The molecule has 0 bridgehead atoms. The van der Waals surface area contributed by atoms with Gasteiger partial charge in [0.2, 0.25) is 0 Å². The van der Waals surface area contributed by atoms with Gasteiger partial charge in [0.1, 0.15) is 0 Å². The summed E-state index contributed by atoms with van der Waals surface area (Å²) >= 11 is 0. The highest BCUT2D eigenvalue weighted by molar-refractivity contribution is 7.93. The van der Waals surface area contributed by atoms with Crippen LogP contribution in [0.5, 0.6) is 0 Å². The minimum Gasteiger partial charge on any atom is -0.478 e. The van der Waals surface area contributed by atoms with Crippen LogP contribution in [0.1, 0.15) is 10.4 Å². The van der Waals surface area contributed by atoms with Crippen LogP contribution >= 0.6 is 0 Å². The molecule has 0 aliphatic carbocycles. The molecule has 0 heterocycles. The van der Waals surface area contributed by atoms with Gasteiger partial charge < -0.3 is 5.11 Å². The van der Waals surface area contributed by atoms with E-state index in [1.54, 1.807) is 0 Å². The number of carboxylic acid groups (broad SMARTS) is 1. The molecule has 0 saturated heterocycles. The number of carboxylic acids is 1. The Balaban J connectivity index is 2.95. The van der Waals surface area contributed by atoms with Gasteiger partial charge in [-0.25, -0.2) is 4.79 Å². The summed E-state index contributed by atoms with van der Waals surface area (Å²) < 4.78 is 58.6. The number of alkyl halides is 3. The van der Waals surface area contributed by atoms with E-state index in [0.717, 1.165) is 24.3 Å². The van der Waals surface area contributed by atoms with Crippen LogP contribution in [-0.2, 0) is 10.0 Å². The maximum atomic E-state index is 12.0. The number of carbonyl (C=O) groups is 1. The standard InChI is InChI=1S/C8H6F3NO4S/c9-8(10,11)17(15,16)12-6-3-1-5(2-4-6)7(13)14/h1-4,12H,(H,13,14). The Morgan fingerprint density at radius 2 is 1.65 bits per heavy atom. The lowest BCUT2D eigenvalue weighted by Gasteiger charge is -2.10. The molecule has 0 fully saturated rings. The number of halogens is 3. The molecule has 0 aliphatic heterocycles. The van der Waals surface area contributed by atoms with Gasteiger partial charge in [-0.15, -0.1) is 0 Å². The molecule has 5 nitrogen and oxygen atoms in total. The van der Waals surface area contributed by atoms with Crippen LogP contribution in [0, 0.1) is 0 Å². The fourth-order valence-corrected chi connectivity index (χ4v) is 1.46. The zero-order valence-electron chi connectivity index (χ0n) is 8.02. The van der Waals surface area contributed by atoms with Crippen LogP contribution in [-0.4, -0.2) is 25.0 Å². The molecule has 2 N–H and O–H groups in total. The van der Waals surface area contributed by atoms with Crippen molar-refractivity contribution in [3.63, 3.8) is 0 Å². The number of aromatic carboxylic acids is 1. The number of benzene rings is 1. The van der Waals surface area contributed by atoms with Crippen molar-refractivity contribution in [3.8, 4) is 0 Å². The van der Waals surface area contributed by atoms with E-state index in [1.807, 2.05) is 0 Å². The topological polar surface area (TPSA) is 83.5 Å². The van der Waals surface area contributed by atoms with Gasteiger partial charge in [-0.05, 0) is 24.3 Å². The first-order valence-electron chi connectivity index (χ1n) is 4.06. The zero-order valence-corrected chi connectivity index (χ0v) is 8.84. The molecule has 0 saturated carbocycles. The SMILES string of the molecule is O=C(O)c1ccc(NS(=O)(=O)C(F)(F)F)cc1. The monoisotopic (exact) mass is 269 g/mol. The maximum Gasteiger partial charge on any atom is 0.516 e. The lowest BCUT2D eigenvalue weighted by atomic mass is 10.2. The summed E-state index contributed by atoms with van der Waals surface area (Å²) in [5.74, 6) is -1.27. The lowest BCUT2D eigenvalue weighted by molar-refractivity contribution is -0.0429. The first-order valence-corrected chi connectivity index (χ1v) is 5.54. The average molecular weight is 269 g/mol. The lowest BCUT2D eigenvalue weighted by Crippen LogP contribution is -2.29. The van der Waals surface area contributed by atoms with Gasteiger partial charge in [0.05, 0.1) is 5.56 Å². The third-order valence-electron chi connectivity index (χ3n) is 1.69. The molecule has 9 heteroatoms. The highest BCUT2D eigenvalue weighted by Gasteiger charge is 2.45. The molecule has 0 aliphatic rings. The second-order valence-corrected chi connectivity index (χ2v) is 4.61. The van der Waals surface area contributed by atoms with Gasteiger partial charge >= 0.3 is 21.5 Å². The van der Waals surface area contributed by atoms with Crippen LogP contribution in [0.15, 0.2) is 24.3 Å². The largest absolute Gasteiger partial charge is 0.516 e. The number of nitrogens with one attached hydrogen (secondary N) is 1. The minimum absolute atomic E-state index is 0.167. The van der Waals surface area contributed by atoms with Crippen molar-refractivity contribution in [2.45, 2.75) is 5.51 Å². The third kappa shape index (κ3) is 3.09. The molecule has 1 aromatic carbocycles. The quantitative estimate of drug-likeness (QED) is 0.873. The summed E-state index contributed by atoms with van der Waals surface area (Å²) in [4.78, 5) is 10.4. The van der Waals surface area contributed by atoms with E-state index in [1.165, 1.54) is 4.72 Å². The smallest absolute Gasteiger partial charge is 0.478 e. The molecule has 0 unspecified atom stereocenters. The van der Waals surface area contributed by atoms with Crippen molar-refractivity contribution >= 4 is 21.7 Å². The van der Waals surface area contributed by atoms with Gasteiger partial charge in [0.15, 0.2) is 0 Å². The van der Waals surface area contributed by atoms with Crippen molar-refractivity contribution < 1.29 is 31.5 Å². The Bertz CT molecular complexity index is 521. The fraction of sp³-hybridized carbons (Fsp3) is 0.125. The predicted molar refractivity (Wildman–Crippen MR) is 52.0 cm³/mol. The molecule has 1 aromatic rings. The van der Waals surface area contributed by atoms with E-state index in [9.17, 15) is 26.4 Å². The Hall–Kier alpha value is -1.77. The molecule has 0 amide bonds. The molecule has 17 heavy (non-hydrogen) atoms. The summed E-state index contributed by atoms with van der Waals surface area (Å²) in [6, 6.07) is 3.81. The molecule has 0 aromatic heterocycles. The van der Waals surface area contributed by atoms with Crippen molar-refractivity contribution in [1.82, 2.24) is 0 Å². The zero-order chi connectivity index (χ0) is 13.3. The third-order valence-corrected chi connectivity index (χ3v) is 2.80. The van der Waals surface area contributed by atoms with Gasteiger partial charge in [-0.2, -0.15) is 21.6 Å². The highest BCUT2D eigenvalue weighted by Crippen LogP contribution is 2.25. The van der Waals surface area contributed by atoms with Crippen LogP contribution in [0.4, 0.5) is 18.9 Å². The second kappa shape index (κ2) is 4.24. The molecule has 1 rings (SSSR count). The van der Waals surface area contributed by atoms with E-state index in [0.29, 0.717) is 0 Å². The van der Waals surface area contributed by atoms with Gasteiger partial charge in [-0.1, -0.05) is 0 Å². The van der Waals surface area contributed by atoms with E-state index in [4.69, 9.17) is 5.11 Å². The number of anilines is 1. The Morgan fingerprint density at radius 1 is 1.18 bits per heavy atom. The molecule has 94 valence electrons. The first kappa shape index (κ1) is 13.3. The first-order chi connectivity index (χ1) is 7.63. The van der Waals surface area contributed by atoms with Gasteiger partial charge in [-0.3, -0.25) is 4.72 Å². The predicted octanol–water partition coefficient (Wildman–Crippen LogP) is 1.65. The minimum atomic E-state index is -5.48. The summed E-state index contributed by atoms with van der Waals surface area (Å²) in [6.45, 7) is 0. The Labute approximate surface area is 93.9 Å². The van der Waals surface area contributed by atoms with Gasteiger partial charge in [0.25, 0.3) is 0 Å². The molecule has 0 atom stereocenters. The van der Waals surface area contributed by atoms with Crippen LogP contribution in [0.3, 0.4) is 0 Å². The number of sulfonamides is 1. The van der Waals surface area contributed by atoms with E-state index in [2.05, 4.69) is 0 Å². The fourth-order valence-electron chi connectivity index (χ4n) is 0.894. The second-order valence-electron chi connectivity index (χ2n) is 2.93. The summed E-state index contributed by atoms with van der Waals surface area (Å²) in [5, 5.41) is 8.52. The normalized spacial score (nSPS) is 12.2. The van der Waals surface area contributed by atoms with Crippen LogP contribution in [0.25, 0.3) is 0 Å². The van der Waals surface area contributed by atoms with Gasteiger partial charge in [0, 0.05) is 5.69 Å². The Morgan fingerprint density at radius 3 is 2.00 bits per heavy atom. The summed E-state index contributed by atoms with van der Waals surface area (Å²) in [7, 11) is -5.48. The number of hydrogen-bond acceptors (Lipinski definition) is 3. The van der Waals surface area contributed by atoms with Crippen molar-refractivity contribution in [2.24, 2.45) is 0 Å². The molecular weight excluding hydrogens is 263 g/mol. The van der Waals surface area contributed by atoms with E-state index in [-0.39, 0.29) is 11.3 Å². The van der Waals surface area contributed by atoms with Crippen LogP contribution in [0.2, 0.25) is 0 Å². The van der Waals surface area contributed by atoms with Crippen molar-refractivity contribution in [2.75, 3.05) is 4.72 Å². The molecular formula is C8H6F3NO4S. The molecule has 0 spiro atoms. The number of hydrogen-bond donors (Lipinski definition) is 2.